The minimum Gasteiger partial charge on any atom is -0.481 e. The van der Waals surface area contributed by atoms with Crippen molar-refractivity contribution >= 4 is 12.0 Å². The van der Waals surface area contributed by atoms with Crippen LogP contribution in [-0.2, 0) is 4.79 Å². The molecule has 1 aliphatic rings. The van der Waals surface area contributed by atoms with Crippen LogP contribution in [0.1, 0.15) is 59.3 Å². The van der Waals surface area contributed by atoms with Crippen LogP contribution in [0.15, 0.2) is 0 Å². The third kappa shape index (κ3) is 5.56. The first-order valence-corrected chi connectivity index (χ1v) is 8.27. The third-order valence-corrected chi connectivity index (χ3v) is 4.55. The van der Waals surface area contributed by atoms with Crippen molar-refractivity contribution in [3.8, 4) is 0 Å². The molecule has 2 N–H and O–H groups in total. The highest BCUT2D eigenvalue weighted by atomic mass is 16.4. The number of rotatable bonds is 7. The summed E-state index contributed by atoms with van der Waals surface area (Å²) in [6.07, 6.45) is 7.13. The second kappa shape index (κ2) is 8.90. The molecule has 5 nitrogen and oxygen atoms in total. The summed E-state index contributed by atoms with van der Waals surface area (Å²) >= 11 is 0. The molecule has 21 heavy (non-hydrogen) atoms. The smallest absolute Gasteiger partial charge is 0.317 e. The zero-order valence-electron chi connectivity index (χ0n) is 13.6. The normalized spacial score (nSPS) is 18.8. The Kier molecular flexibility index (Phi) is 7.54. The van der Waals surface area contributed by atoms with Crippen molar-refractivity contribution in [2.45, 2.75) is 65.3 Å². The molecule has 0 aromatic rings. The number of carboxylic acid groups (broad SMARTS) is 1. The number of hydrogen-bond acceptors (Lipinski definition) is 2. The van der Waals surface area contributed by atoms with Gasteiger partial charge in [-0.2, -0.15) is 0 Å². The highest BCUT2D eigenvalue weighted by Crippen LogP contribution is 2.27. The van der Waals surface area contributed by atoms with Crippen molar-refractivity contribution in [2.24, 2.45) is 11.8 Å². The number of urea groups is 1. The molecule has 0 bridgehead atoms. The molecule has 1 fully saturated rings. The van der Waals surface area contributed by atoms with Gasteiger partial charge < -0.3 is 15.3 Å². The van der Waals surface area contributed by atoms with Crippen LogP contribution in [0.2, 0.25) is 0 Å². The van der Waals surface area contributed by atoms with Crippen LogP contribution in [0.3, 0.4) is 0 Å². The number of aliphatic carboxylic acids is 1. The summed E-state index contributed by atoms with van der Waals surface area (Å²) in [5.41, 5.74) is 0. The van der Waals surface area contributed by atoms with Crippen LogP contribution in [-0.4, -0.2) is 41.1 Å². The fraction of sp³-hybridized carbons (Fsp3) is 0.875. The molecule has 5 heteroatoms. The van der Waals surface area contributed by atoms with E-state index in [1.807, 2.05) is 6.92 Å². The Morgan fingerprint density at radius 2 is 1.86 bits per heavy atom. The number of carboxylic acids is 1. The molecule has 0 saturated heterocycles. The van der Waals surface area contributed by atoms with E-state index in [2.05, 4.69) is 12.2 Å². The zero-order chi connectivity index (χ0) is 15.8. The van der Waals surface area contributed by atoms with Gasteiger partial charge in [-0.15, -0.1) is 0 Å². The van der Waals surface area contributed by atoms with E-state index < -0.39 is 11.9 Å². The van der Waals surface area contributed by atoms with Crippen LogP contribution >= 0.6 is 0 Å². The Morgan fingerprint density at radius 3 is 2.33 bits per heavy atom. The van der Waals surface area contributed by atoms with Gasteiger partial charge in [-0.3, -0.25) is 4.79 Å². The number of amides is 2. The highest BCUT2D eigenvalue weighted by molar-refractivity contribution is 5.76. The molecule has 0 aromatic carbocycles. The lowest BCUT2D eigenvalue weighted by atomic mass is 9.83. The molecule has 2 unspecified atom stereocenters. The van der Waals surface area contributed by atoms with E-state index in [0.29, 0.717) is 12.5 Å². The molecular weight excluding hydrogens is 268 g/mol. The van der Waals surface area contributed by atoms with E-state index >= 15 is 0 Å². The molecule has 2 amide bonds. The average Bonchev–Trinajstić information content (AvgIpc) is 2.50. The minimum absolute atomic E-state index is 0.122. The minimum atomic E-state index is -0.861. The van der Waals surface area contributed by atoms with Gasteiger partial charge in [0.1, 0.15) is 0 Å². The molecule has 0 aliphatic heterocycles. The highest BCUT2D eigenvalue weighted by Gasteiger charge is 2.26. The van der Waals surface area contributed by atoms with Gasteiger partial charge in [0.2, 0.25) is 0 Å². The molecule has 0 heterocycles. The lowest BCUT2D eigenvalue weighted by molar-refractivity contribution is -0.141. The van der Waals surface area contributed by atoms with Crippen LogP contribution < -0.4 is 5.32 Å². The first kappa shape index (κ1) is 17.8. The summed E-state index contributed by atoms with van der Waals surface area (Å²) in [7, 11) is 0. The van der Waals surface area contributed by atoms with Crippen molar-refractivity contribution in [3.63, 3.8) is 0 Å². The summed E-state index contributed by atoms with van der Waals surface area (Å²) in [6, 6.07) is 0.0926. The molecule has 1 saturated carbocycles. The van der Waals surface area contributed by atoms with Crippen molar-refractivity contribution in [1.29, 1.82) is 0 Å². The predicted molar refractivity (Wildman–Crippen MR) is 83.2 cm³/mol. The maximum absolute atomic E-state index is 12.4. The van der Waals surface area contributed by atoms with Crippen LogP contribution in [0, 0.1) is 11.8 Å². The number of carbonyl (C=O) groups excluding carboxylic acids is 1. The fourth-order valence-corrected chi connectivity index (χ4v) is 3.10. The molecule has 0 radical (unpaired) electrons. The van der Waals surface area contributed by atoms with E-state index in [9.17, 15) is 9.59 Å². The van der Waals surface area contributed by atoms with E-state index in [0.717, 1.165) is 6.42 Å². The Hall–Kier alpha value is -1.26. The first-order valence-electron chi connectivity index (χ1n) is 8.27. The lowest BCUT2D eigenvalue weighted by Crippen LogP contribution is -2.49. The zero-order valence-corrected chi connectivity index (χ0v) is 13.6. The largest absolute Gasteiger partial charge is 0.481 e. The molecule has 0 spiro atoms. The van der Waals surface area contributed by atoms with Gasteiger partial charge in [0.25, 0.3) is 0 Å². The van der Waals surface area contributed by atoms with Gasteiger partial charge in [-0.25, -0.2) is 4.79 Å². The summed E-state index contributed by atoms with van der Waals surface area (Å²) < 4.78 is 0. The topological polar surface area (TPSA) is 69.6 Å². The maximum Gasteiger partial charge on any atom is 0.317 e. The van der Waals surface area contributed by atoms with Gasteiger partial charge in [-0.1, -0.05) is 33.1 Å². The fourth-order valence-electron chi connectivity index (χ4n) is 3.10. The van der Waals surface area contributed by atoms with Crippen molar-refractivity contribution in [1.82, 2.24) is 10.2 Å². The Bertz CT molecular complexity index is 340. The molecule has 2 atom stereocenters. The van der Waals surface area contributed by atoms with Crippen molar-refractivity contribution in [3.05, 3.63) is 0 Å². The van der Waals surface area contributed by atoms with Crippen LogP contribution in [0.4, 0.5) is 4.79 Å². The number of nitrogens with zero attached hydrogens (tertiary/aromatic N) is 1. The van der Waals surface area contributed by atoms with Gasteiger partial charge in [0.05, 0.1) is 5.92 Å². The molecular formula is C16H30N2O3. The maximum atomic E-state index is 12.4. The number of nitrogens with one attached hydrogen (secondary N) is 1. The summed E-state index contributed by atoms with van der Waals surface area (Å²) in [5.74, 6) is -0.825. The average molecular weight is 298 g/mol. The molecule has 122 valence electrons. The Morgan fingerprint density at radius 1 is 1.24 bits per heavy atom. The Balaban J connectivity index is 2.55. The second-order valence-electron chi connectivity index (χ2n) is 6.14. The van der Waals surface area contributed by atoms with Gasteiger partial charge in [0, 0.05) is 19.1 Å². The summed E-state index contributed by atoms with van der Waals surface area (Å²) in [5, 5.41) is 12.1. The second-order valence-corrected chi connectivity index (χ2v) is 6.14. The summed E-state index contributed by atoms with van der Waals surface area (Å²) in [6.45, 7) is 6.42. The molecule has 0 aromatic heterocycles. The predicted octanol–water partition coefficient (Wildman–Crippen LogP) is 3.10. The molecule has 1 aliphatic carbocycles. The quantitative estimate of drug-likeness (QED) is 0.759. The van der Waals surface area contributed by atoms with Crippen LogP contribution in [0.25, 0.3) is 0 Å². The van der Waals surface area contributed by atoms with E-state index in [1.165, 1.54) is 32.1 Å². The number of carbonyl (C=O) groups is 2. The lowest BCUT2D eigenvalue weighted by Gasteiger charge is -2.32. The van der Waals surface area contributed by atoms with Gasteiger partial charge in [0.15, 0.2) is 0 Å². The SMILES string of the molecule is CCC(NC(=O)N(CC)CC(C)C(=O)O)C1CCCCC1. The third-order valence-electron chi connectivity index (χ3n) is 4.55. The van der Waals surface area contributed by atoms with E-state index in [4.69, 9.17) is 5.11 Å². The van der Waals surface area contributed by atoms with Crippen LogP contribution in [0.5, 0.6) is 0 Å². The molecule has 1 rings (SSSR count). The van der Waals surface area contributed by atoms with E-state index in [1.54, 1.807) is 11.8 Å². The van der Waals surface area contributed by atoms with Crippen molar-refractivity contribution < 1.29 is 14.7 Å². The van der Waals surface area contributed by atoms with E-state index in [-0.39, 0.29) is 18.6 Å². The summed E-state index contributed by atoms with van der Waals surface area (Å²) in [4.78, 5) is 24.9. The van der Waals surface area contributed by atoms with Gasteiger partial charge >= 0.3 is 12.0 Å². The monoisotopic (exact) mass is 298 g/mol. The standard InChI is InChI=1S/C16H30N2O3/c1-4-14(13-9-7-6-8-10-13)17-16(21)18(5-2)11-12(3)15(19)20/h12-14H,4-11H2,1-3H3,(H,17,21)(H,19,20). The number of hydrogen-bond donors (Lipinski definition) is 2. The first-order chi connectivity index (χ1) is 9.99. The van der Waals surface area contributed by atoms with Gasteiger partial charge in [-0.05, 0) is 32.1 Å². The Labute approximate surface area is 128 Å². The van der Waals surface area contributed by atoms with Crippen molar-refractivity contribution in [2.75, 3.05) is 13.1 Å².